The van der Waals surface area contributed by atoms with Crippen molar-refractivity contribution < 1.29 is 0 Å². The summed E-state index contributed by atoms with van der Waals surface area (Å²) in [7, 11) is 0. The van der Waals surface area contributed by atoms with Crippen LogP contribution in [0.2, 0.25) is 0 Å². The molecule has 0 saturated carbocycles. The predicted molar refractivity (Wildman–Crippen MR) is 96.6 cm³/mol. The normalized spacial score (nSPS) is 15.0. The van der Waals surface area contributed by atoms with Crippen molar-refractivity contribution in [3.05, 3.63) is 41.7 Å². The number of hydrogen-bond acceptors (Lipinski definition) is 4. The molecular weight excluding hydrogens is 284 g/mol. The quantitative estimate of drug-likeness (QED) is 0.910. The molecule has 0 unspecified atom stereocenters. The summed E-state index contributed by atoms with van der Waals surface area (Å²) in [5.41, 5.74) is 2.49. The maximum Gasteiger partial charge on any atom is 0.136 e. The third-order valence-corrected chi connectivity index (χ3v) is 4.25. The summed E-state index contributed by atoms with van der Waals surface area (Å²) in [6.07, 6.45) is 2.50. The van der Waals surface area contributed by atoms with Crippen molar-refractivity contribution in [1.82, 2.24) is 9.97 Å². The minimum Gasteiger partial charge on any atom is -0.356 e. The van der Waals surface area contributed by atoms with Crippen LogP contribution in [0.3, 0.4) is 0 Å². The zero-order chi connectivity index (χ0) is 16.4. The second kappa shape index (κ2) is 6.19. The van der Waals surface area contributed by atoms with Gasteiger partial charge in [-0.05, 0) is 36.8 Å². The van der Waals surface area contributed by atoms with Crippen LogP contribution in [0.15, 0.2) is 30.3 Å². The Kier molecular flexibility index (Phi) is 4.24. The van der Waals surface area contributed by atoms with Crippen molar-refractivity contribution in [2.24, 2.45) is 0 Å². The van der Waals surface area contributed by atoms with Gasteiger partial charge in [0.15, 0.2) is 0 Å². The maximum absolute atomic E-state index is 4.60. The van der Waals surface area contributed by atoms with E-state index in [1.54, 1.807) is 0 Å². The molecule has 4 heteroatoms. The fraction of sp³-hybridized carbons (Fsp3) is 0.474. The number of para-hydroxylation sites is 1. The molecule has 0 bridgehead atoms. The van der Waals surface area contributed by atoms with Crippen LogP contribution in [-0.4, -0.2) is 23.1 Å². The van der Waals surface area contributed by atoms with Crippen molar-refractivity contribution in [3.63, 3.8) is 0 Å². The first kappa shape index (κ1) is 15.8. The zero-order valence-electron chi connectivity index (χ0n) is 14.6. The topological polar surface area (TPSA) is 41.1 Å². The van der Waals surface area contributed by atoms with E-state index in [1.165, 1.54) is 18.4 Å². The molecule has 1 N–H and O–H groups in total. The number of benzene rings is 1. The lowest BCUT2D eigenvalue weighted by molar-refractivity contribution is 0.592. The third kappa shape index (κ3) is 3.63. The second-order valence-electron chi connectivity index (χ2n) is 7.27. The fourth-order valence-electron chi connectivity index (χ4n) is 3.11. The molecule has 2 heterocycles. The molecule has 0 atom stereocenters. The fourth-order valence-corrected chi connectivity index (χ4v) is 3.11. The Labute approximate surface area is 139 Å². The smallest absolute Gasteiger partial charge is 0.136 e. The van der Waals surface area contributed by atoms with Gasteiger partial charge in [0.1, 0.15) is 17.5 Å². The molecule has 4 nitrogen and oxygen atoms in total. The molecule has 2 aromatic rings. The number of aryl methyl sites for hydroxylation is 1. The highest BCUT2D eigenvalue weighted by Gasteiger charge is 2.19. The van der Waals surface area contributed by atoms with Gasteiger partial charge < -0.3 is 10.2 Å². The Balaban J connectivity index is 1.92. The largest absolute Gasteiger partial charge is 0.356 e. The van der Waals surface area contributed by atoms with Gasteiger partial charge >= 0.3 is 0 Å². The van der Waals surface area contributed by atoms with Crippen molar-refractivity contribution in [3.8, 4) is 0 Å². The van der Waals surface area contributed by atoms with E-state index < -0.39 is 0 Å². The van der Waals surface area contributed by atoms with Crippen molar-refractivity contribution in [2.75, 3.05) is 23.3 Å². The van der Waals surface area contributed by atoms with Crippen LogP contribution in [0.5, 0.6) is 0 Å². The van der Waals surface area contributed by atoms with Gasteiger partial charge in [-0.1, -0.05) is 39.0 Å². The molecule has 0 aliphatic carbocycles. The molecule has 3 rings (SSSR count). The Bertz CT molecular complexity index is 682. The second-order valence-corrected chi connectivity index (χ2v) is 7.27. The molecule has 122 valence electrons. The summed E-state index contributed by atoms with van der Waals surface area (Å²) in [5, 5.41) is 3.51. The number of nitrogens with one attached hydrogen (secondary N) is 1. The van der Waals surface area contributed by atoms with Crippen LogP contribution in [0.1, 0.15) is 45.0 Å². The SMILES string of the molecule is Cc1nc(Nc2ccccc2C(C)(C)C)cc(N2CCCC2)n1. The van der Waals surface area contributed by atoms with Gasteiger partial charge in [0.05, 0.1) is 0 Å². The predicted octanol–water partition coefficient (Wildman–Crippen LogP) is 4.43. The highest BCUT2D eigenvalue weighted by molar-refractivity contribution is 5.64. The van der Waals surface area contributed by atoms with Crippen molar-refractivity contribution >= 4 is 17.3 Å². The standard InChI is InChI=1S/C19H26N4/c1-14-20-17(13-18(21-14)23-11-7-8-12-23)22-16-10-6-5-9-15(16)19(2,3)4/h5-6,9-10,13H,7-8,11-12H2,1-4H3,(H,20,21,22). The van der Waals surface area contributed by atoms with E-state index >= 15 is 0 Å². The molecule has 0 amide bonds. The zero-order valence-corrected chi connectivity index (χ0v) is 14.6. The summed E-state index contributed by atoms with van der Waals surface area (Å²) in [6, 6.07) is 10.5. The van der Waals surface area contributed by atoms with Crippen LogP contribution in [-0.2, 0) is 5.41 Å². The summed E-state index contributed by atoms with van der Waals surface area (Å²) in [4.78, 5) is 11.5. The molecule has 1 aliphatic rings. The Morgan fingerprint density at radius 3 is 2.43 bits per heavy atom. The number of anilines is 3. The molecule has 1 fully saturated rings. The molecule has 1 aromatic heterocycles. The lowest BCUT2D eigenvalue weighted by Crippen LogP contribution is -2.20. The molecule has 1 aromatic carbocycles. The minimum absolute atomic E-state index is 0.0868. The summed E-state index contributed by atoms with van der Waals surface area (Å²) in [6.45, 7) is 10.8. The number of nitrogens with zero attached hydrogens (tertiary/aromatic N) is 3. The molecule has 0 radical (unpaired) electrons. The molecule has 23 heavy (non-hydrogen) atoms. The summed E-state index contributed by atoms with van der Waals surface area (Å²) < 4.78 is 0. The Hall–Kier alpha value is -2.10. The molecule has 1 aliphatic heterocycles. The number of rotatable bonds is 3. The van der Waals surface area contributed by atoms with Crippen LogP contribution < -0.4 is 10.2 Å². The van der Waals surface area contributed by atoms with Gasteiger partial charge in [0.25, 0.3) is 0 Å². The van der Waals surface area contributed by atoms with E-state index in [0.29, 0.717) is 0 Å². The third-order valence-electron chi connectivity index (χ3n) is 4.25. The maximum atomic E-state index is 4.60. The Morgan fingerprint density at radius 2 is 1.74 bits per heavy atom. The first-order chi connectivity index (χ1) is 10.9. The van der Waals surface area contributed by atoms with E-state index in [2.05, 4.69) is 71.3 Å². The van der Waals surface area contributed by atoms with E-state index in [4.69, 9.17) is 0 Å². The van der Waals surface area contributed by atoms with Gasteiger partial charge in [-0.15, -0.1) is 0 Å². The highest BCUT2D eigenvalue weighted by Crippen LogP contribution is 2.31. The Morgan fingerprint density at radius 1 is 1.04 bits per heavy atom. The number of aromatic nitrogens is 2. The van der Waals surface area contributed by atoms with Crippen molar-refractivity contribution in [2.45, 2.75) is 46.0 Å². The lowest BCUT2D eigenvalue weighted by Gasteiger charge is -2.24. The van der Waals surface area contributed by atoms with Gasteiger partial charge in [-0.25, -0.2) is 9.97 Å². The van der Waals surface area contributed by atoms with Gasteiger partial charge in [0.2, 0.25) is 0 Å². The van der Waals surface area contributed by atoms with Gasteiger partial charge in [-0.2, -0.15) is 0 Å². The molecule has 0 spiro atoms. The van der Waals surface area contributed by atoms with Gasteiger partial charge in [-0.3, -0.25) is 0 Å². The van der Waals surface area contributed by atoms with Gasteiger partial charge in [0, 0.05) is 24.8 Å². The summed E-state index contributed by atoms with van der Waals surface area (Å²) in [5.74, 6) is 2.71. The van der Waals surface area contributed by atoms with E-state index in [1.807, 2.05) is 6.92 Å². The lowest BCUT2D eigenvalue weighted by atomic mass is 9.86. The van der Waals surface area contributed by atoms with E-state index in [-0.39, 0.29) is 5.41 Å². The van der Waals surface area contributed by atoms with Crippen LogP contribution in [0.4, 0.5) is 17.3 Å². The first-order valence-corrected chi connectivity index (χ1v) is 8.41. The number of hydrogen-bond donors (Lipinski definition) is 1. The highest BCUT2D eigenvalue weighted by atomic mass is 15.2. The monoisotopic (exact) mass is 310 g/mol. The van der Waals surface area contributed by atoms with Crippen molar-refractivity contribution in [1.29, 1.82) is 0 Å². The van der Waals surface area contributed by atoms with Crippen LogP contribution >= 0.6 is 0 Å². The van der Waals surface area contributed by atoms with E-state index in [9.17, 15) is 0 Å². The first-order valence-electron chi connectivity index (χ1n) is 8.41. The average Bonchev–Trinajstić information content (AvgIpc) is 3.00. The minimum atomic E-state index is 0.0868. The molecule has 1 saturated heterocycles. The van der Waals surface area contributed by atoms with Crippen LogP contribution in [0, 0.1) is 6.92 Å². The molecular formula is C19H26N4. The summed E-state index contributed by atoms with van der Waals surface area (Å²) >= 11 is 0. The average molecular weight is 310 g/mol. The van der Waals surface area contributed by atoms with E-state index in [0.717, 1.165) is 36.2 Å². The van der Waals surface area contributed by atoms with Crippen LogP contribution in [0.25, 0.3) is 0 Å².